The van der Waals surface area contributed by atoms with Gasteiger partial charge in [-0.05, 0) is 78.4 Å². The topological polar surface area (TPSA) is 62.4 Å². The summed E-state index contributed by atoms with van der Waals surface area (Å²) in [5, 5.41) is 27.0. The Morgan fingerprint density at radius 1 is 0.345 bits per heavy atom. The van der Waals surface area contributed by atoms with Gasteiger partial charge in [0.2, 0.25) is 0 Å². The summed E-state index contributed by atoms with van der Waals surface area (Å²) in [5.74, 6) is 0. The molecule has 5 heteroatoms. The molecule has 0 radical (unpaired) electrons. The summed E-state index contributed by atoms with van der Waals surface area (Å²) >= 11 is 0. The second-order valence-corrected chi connectivity index (χ2v) is 14.0. The van der Waals surface area contributed by atoms with Crippen molar-refractivity contribution in [2.45, 2.75) is 0 Å². The van der Waals surface area contributed by atoms with E-state index in [2.05, 4.69) is 171 Å². The van der Waals surface area contributed by atoms with Gasteiger partial charge in [-0.15, -0.1) is 0 Å². The molecule has 11 rings (SSSR count). The third kappa shape index (κ3) is 4.45. The lowest BCUT2D eigenvalue weighted by molar-refractivity contribution is 1.13. The van der Waals surface area contributed by atoms with Crippen molar-refractivity contribution >= 4 is 65.4 Å². The van der Waals surface area contributed by atoms with Crippen molar-refractivity contribution in [1.29, 1.82) is 10.5 Å². The van der Waals surface area contributed by atoms with Gasteiger partial charge in [0, 0.05) is 43.6 Å². The van der Waals surface area contributed by atoms with Crippen LogP contribution in [0, 0.1) is 22.7 Å². The lowest BCUT2D eigenvalue weighted by atomic mass is 10.00. The molecule has 3 heterocycles. The van der Waals surface area contributed by atoms with Gasteiger partial charge in [0.1, 0.15) is 0 Å². The maximum atomic E-state index is 10.2. The Balaban J connectivity index is 1.22. The van der Waals surface area contributed by atoms with Crippen LogP contribution in [-0.4, -0.2) is 13.7 Å². The molecule has 0 saturated heterocycles. The van der Waals surface area contributed by atoms with Gasteiger partial charge < -0.3 is 13.7 Å². The van der Waals surface area contributed by atoms with Crippen LogP contribution < -0.4 is 0 Å². The van der Waals surface area contributed by atoms with E-state index in [1.807, 2.05) is 30.3 Å². The molecule has 55 heavy (non-hydrogen) atoms. The summed E-state index contributed by atoms with van der Waals surface area (Å²) in [6.45, 7) is 0. The Bertz CT molecular complexity index is 3420. The van der Waals surface area contributed by atoms with Crippen molar-refractivity contribution in [2.24, 2.45) is 0 Å². The number of hydrogen-bond donors (Lipinski definition) is 0. The summed E-state index contributed by atoms with van der Waals surface area (Å²) in [6, 6.07) is 66.0. The van der Waals surface area contributed by atoms with Crippen LogP contribution in [0.25, 0.3) is 93.6 Å². The van der Waals surface area contributed by atoms with E-state index in [4.69, 9.17) is 0 Å². The van der Waals surface area contributed by atoms with Gasteiger partial charge in [0.15, 0.2) is 0 Å². The largest absolute Gasteiger partial charge is 0.309 e. The van der Waals surface area contributed by atoms with Crippen LogP contribution in [0.2, 0.25) is 0 Å². The molecule has 0 spiro atoms. The Hall–Kier alpha value is -7.86. The minimum Gasteiger partial charge on any atom is -0.309 e. The first kappa shape index (κ1) is 30.7. The number of hydrogen-bond acceptors (Lipinski definition) is 2. The molecule has 0 atom stereocenters. The predicted molar refractivity (Wildman–Crippen MR) is 224 cm³/mol. The van der Waals surface area contributed by atoms with Crippen molar-refractivity contribution in [3.05, 3.63) is 187 Å². The molecule has 8 aromatic carbocycles. The summed E-state index contributed by atoms with van der Waals surface area (Å²) in [6.07, 6.45) is 0. The third-order valence-electron chi connectivity index (χ3n) is 11.1. The van der Waals surface area contributed by atoms with E-state index in [0.29, 0.717) is 11.1 Å². The van der Waals surface area contributed by atoms with E-state index in [1.165, 1.54) is 10.8 Å². The highest BCUT2D eigenvalue weighted by atomic mass is 15.1. The minimum atomic E-state index is 0.586. The third-order valence-corrected chi connectivity index (χ3v) is 11.1. The molecule has 0 aliphatic rings. The first-order valence-corrected chi connectivity index (χ1v) is 18.3. The zero-order valence-corrected chi connectivity index (χ0v) is 29.5. The average molecular weight is 700 g/mol. The monoisotopic (exact) mass is 699 g/mol. The van der Waals surface area contributed by atoms with E-state index in [-0.39, 0.29) is 0 Å². The average Bonchev–Trinajstić information content (AvgIpc) is 3.89. The molecule has 0 amide bonds. The Morgan fingerprint density at radius 3 is 1.51 bits per heavy atom. The van der Waals surface area contributed by atoms with Gasteiger partial charge in [-0.2, -0.15) is 10.5 Å². The van der Waals surface area contributed by atoms with Crippen molar-refractivity contribution in [1.82, 2.24) is 13.7 Å². The van der Waals surface area contributed by atoms with E-state index in [0.717, 1.165) is 82.8 Å². The van der Waals surface area contributed by atoms with Gasteiger partial charge in [0.25, 0.3) is 0 Å². The van der Waals surface area contributed by atoms with Gasteiger partial charge in [-0.1, -0.05) is 103 Å². The van der Waals surface area contributed by atoms with Crippen molar-refractivity contribution in [3.63, 3.8) is 0 Å². The summed E-state index contributed by atoms with van der Waals surface area (Å²) < 4.78 is 7.01. The summed E-state index contributed by atoms with van der Waals surface area (Å²) in [4.78, 5) is 0. The first-order chi connectivity index (χ1) is 27.2. The fourth-order valence-electron chi connectivity index (χ4n) is 8.78. The molecule has 5 nitrogen and oxygen atoms in total. The Morgan fingerprint density at radius 2 is 0.855 bits per heavy atom. The van der Waals surface area contributed by atoms with Crippen LogP contribution in [0.4, 0.5) is 0 Å². The molecular formula is C50H29N5. The van der Waals surface area contributed by atoms with Crippen LogP contribution in [0.1, 0.15) is 11.1 Å². The second kappa shape index (κ2) is 11.8. The minimum absolute atomic E-state index is 0.586. The first-order valence-electron chi connectivity index (χ1n) is 18.3. The number of benzene rings is 8. The number of aromatic nitrogens is 3. The van der Waals surface area contributed by atoms with E-state index < -0.39 is 0 Å². The van der Waals surface area contributed by atoms with Crippen LogP contribution in [0.15, 0.2) is 176 Å². The van der Waals surface area contributed by atoms with Crippen LogP contribution >= 0.6 is 0 Å². The van der Waals surface area contributed by atoms with Crippen molar-refractivity contribution in [2.75, 3.05) is 0 Å². The molecule has 0 aliphatic heterocycles. The van der Waals surface area contributed by atoms with Gasteiger partial charge in [-0.3, -0.25) is 0 Å². The quantitative estimate of drug-likeness (QED) is 0.184. The molecular weight excluding hydrogens is 671 g/mol. The second-order valence-electron chi connectivity index (χ2n) is 14.0. The van der Waals surface area contributed by atoms with Crippen molar-refractivity contribution in [3.8, 4) is 40.3 Å². The zero-order chi connectivity index (χ0) is 36.6. The molecule has 0 N–H and O–H groups in total. The number of rotatable bonds is 4. The standard InChI is InChI=1S/C50H29N5/c51-30-32-24-26-47(42(27-32)34-11-9-12-35(29-34)53-43-18-5-1-15-38(43)40-25-23-33(31-52)28-49(40)53)55-46-21-8-4-16-39(46)41-17-10-22-48(50(41)55)54-44-19-6-2-13-36(44)37-14-3-7-20-45(37)54/h1-29H. The smallest absolute Gasteiger partial charge is 0.0992 e. The lowest BCUT2D eigenvalue weighted by Crippen LogP contribution is -2.03. The highest BCUT2D eigenvalue weighted by molar-refractivity contribution is 6.15. The molecule has 0 saturated carbocycles. The molecule has 0 fully saturated rings. The van der Waals surface area contributed by atoms with E-state index in [9.17, 15) is 10.5 Å². The molecule has 0 aliphatic carbocycles. The maximum Gasteiger partial charge on any atom is 0.0992 e. The Kier molecular flexibility index (Phi) is 6.61. The number of fused-ring (bicyclic) bond motifs is 9. The number of nitrogens with zero attached hydrogens (tertiary/aromatic N) is 5. The predicted octanol–water partition coefficient (Wildman–Crippen LogP) is 12.4. The molecule has 0 bridgehead atoms. The highest BCUT2D eigenvalue weighted by Gasteiger charge is 2.22. The fraction of sp³-hybridized carbons (Fsp3) is 0. The SMILES string of the molecule is N#Cc1ccc(-n2c3ccccc3c3cccc(-n4c5ccccc5c5ccccc54)c32)c(-c2cccc(-n3c4ccccc4c4ccc(C#N)cc43)c2)c1. The lowest BCUT2D eigenvalue weighted by Gasteiger charge is -2.18. The van der Waals surface area contributed by atoms with Crippen LogP contribution in [0.3, 0.4) is 0 Å². The molecule has 11 aromatic rings. The summed E-state index contributed by atoms with van der Waals surface area (Å²) in [7, 11) is 0. The normalized spacial score (nSPS) is 11.6. The van der Waals surface area contributed by atoms with Gasteiger partial charge >= 0.3 is 0 Å². The molecule has 0 unspecified atom stereocenters. The maximum absolute atomic E-state index is 10.2. The van der Waals surface area contributed by atoms with E-state index >= 15 is 0 Å². The summed E-state index contributed by atoms with van der Waals surface area (Å²) in [5.41, 5.74) is 12.6. The molecule has 3 aromatic heterocycles. The number of para-hydroxylation sites is 5. The van der Waals surface area contributed by atoms with Gasteiger partial charge in [-0.25, -0.2) is 0 Å². The molecule has 254 valence electrons. The van der Waals surface area contributed by atoms with Crippen LogP contribution in [0.5, 0.6) is 0 Å². The van der Waals surface area contributed by atoms with E-state index in [1.54, 1.807) is 0 Å². The van der Waals surface area contributed by atoms with Crippen molar-refractivity contribution < 1.29 is 0 Å². The Labute approximate surface area is 316 Å². The fourth-order valence-corrected chi connectivity index (χ4v) is 8.78. The highest BCUT2D eigenvalue weighted by Crippen LogP contribution is 2.42. The van der Waals surface area contributed by atoms with Crippen LogP contribution in [-0.2, 0) is 0 Å². The zero-order valence-electron chi connectivity index (χ0n) is 29.5. The number of nitriles is 2. The van der Waals surface area contributed by atoms with Gasteiger partial charge in [0.05, 0.1) is 67.7 Å².